The highest BCUT2D eigenvalue weighted by molar-refractivity contribution is 5.99. The van der Waals surface area contributed by atoms with Crippen LogP contribution < -0.4 is 19.7 Å². The van der Waals surface area contributed by atoms with Crippen LogP contribution in [0.5, 0.6) is 11.5 Å². The van der Waals surface area contributed by atoms with Crippen LogP contribution in [0.3, 0.4) is 0 Å². The van der Waals surface area contributed by atoms with Crippen LogP contribution in [0.25, 0.3) is 0 Å². The van der Waals surface area contributed by atoms with E-state index in [1.54, 1.807) is 23.1 Å². The first-order chi connectivity index (χ1) is 12.1. The van der Waals surface area contributed by atoms with E-state index in [2.05, 4.69) is 5.32 Å². The first kappa shape index (κ1) is 16.8. The lowest BCUT2D eigenvalue weighted by atomic mass is 10.2. The smallest absolute Gasteiger partial charge is 0.265 e. The minimum atomic E-state index is -0.272. The Kier molecular flexibility index (Phi) is 4.88. The van der Waals surface area contributed by atoms with Gasteiger partial charge in [0.25, 0.3) is 11.8 Å². The zero-order chi connectivity index (χ0) is 17.8. The van der Waals surface area contributed by atoms with Gasteiger partial charge in [-0.05, 0) is 44.2 Å². The fraction of sp³-hybridized carbons (Fsp3) is 0.263. The van der Waals surface area contributed by atoms with E-state index in [0.29, 0.717) is 29.4 Å². The molecule has 0 fully saturated rings. The number of amides is 2. The summed E-state index contributed by atoms with van der Waals surface area (Å²) in [7, 11) is 0. The van der Waals surface area contributed by atoms with Crippen LogP contribution in [0.4, 0.5) is 11.4 Å². The number of ether oxygens (including phenoxy) is 2. The summed E-state index contributed by atoms with van der Waals surface area (Å²) < 4.78 is 10.9. The average molecular weight is 340 g/mol. The number of fused-ring (bicyclic) bond motifs is 1. The van der Waals surface area contributed by atoms with E-state index in [0.717, 1.165) is 5.56 Å². The van der Waals surface area contributed by atoms with Gasteiger partial charge in [0, 0.05) is 12.2 Å². The average Bonchev–Trinajstić information content (AvgIpc) is 2.61. The Hall–Kier alpha value is -3.02. The van der Waals surface area contributed by atoms with Crippen molar-refractivity contribution >= 4 is 23.2 Å². The highest BCUT2D eigenvalue weighted by Crippen LogP contribution is 2.34. The molecule has 0 aliphatic carbocycles. The van der Waals surface area contributed by atoms with Crippen LogP contribution in [0.2, 0.25) is 0 Å². The van der Waals surface area contributed by atoms with Crippen molar-refractivity contribution in [2.24, 2.45) is 0 Å². The van der Waals surface area contributed by atoms with E-state index in [-0.39, 0.29) is 25.0 Å². The Morgan fingerprint density at radius 1 is 1.24 bits per heavy atom. The molecule has 0 bridgehead atoms. The second-order valence-corrected chi connectivity index (χ2v) is 5.76. The Bertz CT molecular complexity index is 787. The molecule has 0 aromatic heterocycles. The van der Waals surface area contributed by atoms with Gasteiger partial charge in [-0.2, -0.15) is 0 Å². The third-order valence-electron chi connectivity index (χ3n) is 3.89. The topological polar surface area (TPSA) is 67.9 Å². The van der Waals surface area contributed by atoms with Crippen molar-refractivity contribution in [2.75, 3.05) is 30.0 Å². The van der Waals surface area contributed by atoms with Gasteiger partial charge in [0.2, 0.25) is 0 Å². The van der Waals surface area contributed by atoms with Gasteiger partial charge in [-0.15, -0.1) is 0 Å². The highest BCUT2D eigenvalue weighted by Gasteiger charge is 2.24. The predicted molar refractivity (Wildman–Crippen MR) is 95.3 cm³/mol. The van der Waals surface area contributed by atoms with Crippen molar-refractivity contribution in [3.05, 3.63) is 48.0 Å². The molecule has 1 aliphatic rings. The van der Waals surface area contributed by atoms with Crippen LogP contribution in [0.15, 0.2) is 42.5 Å². The summed E-state index contributed by atoms with van der Waals surface area (Å²) in [6.45, 7) is 4.38. The van der Waals surface area contributed by atoms with Gasteiger partial charge >= 0.3 is 0 Å². The maximum atomic E-state index is 12.1. The van der Waals surface area contributed by atoms with E-state index in [1.165, 1.54) is 0 Å². The van der Waals surface area contributed by atoms with Gasteiger partial charge in [-0.25, -0.2) is 0 Å². The van der Waals surface area contributed by atoms with Crippen LogP contribution in [0, 0.1) is 6.92 Å². The quantitative estimate of drug-likeness (QED) is 0.909. The Morgan fingerprint density at radius 3 is 2.72 bits per heavy atom. The molecule has 0 saturated heterocycles. The van der Waals surface area contributed by atoms with Gasteiger partial charge in [0.1, 0.15) is 11.5 Å². The number of hydrogen-bond donors (Lipinski definition) is 1. The fourth-order valence-electron chi connectivity index (χ4n) is 2.61. The fourth-order valence-corrected chi connectivity index (χ4v) is 2.61. The summed E-state index contributed by atoms with van der Waals surface area (Å²) in [4.78, 5) is 25.6. The van der Waals surface area contributed by atoms with E-state index in [9.17, 15) is 9.59 Å². The standard InChI is InChI=1S/C19H20N2O4/c1-3-21-16-10-14(6-9-17(16)25-12-19(21)23)20-18(22)11-24-15-7-4-13(2)5-8-15/h4-10H,3,11-12H2,1-2H3,(H,20,22). The summed E-state index contributed by atoms with van der Waals surface area (Å²) in [5.74, 6) is 0.908. The molecule has 2 aromatic rings. The Morgan fingerprint density at radius 2 is 2.00 bits per heavy atom. The van der Waals surface area contributed by atoms with E-state index < -0.39 is 0 Å². The molecule has 2 amide bonds. The minimum absolute atomic E-state index is 0.0386. The summed E-state index contributed by atoms with van der Waals surface area (Å²) in [5, 5.41) is 2.78. The number of benzene rings is 2. The van der Waals surface area contributed by atoms with Crippen molar-refractivity contribution < 1.29 is 19.1 Å². The first-order valence-electron chi connectivity index (χ1n) is 8.13. The van der Waals surface area contributed by atoms with Crippen LogP contribution in [-0.2, 0) is 9.59 Å². The third-order valence-corrected chi connectivity index (χ3v) is 3.89. The molecule has 6 nitrogen and oxygen atoms in total. The molecule has 0 unspecified atom stereocenters. The van der Waals surface area contributed by atoms with Crippen LogP contribution in [0.1, 0.15) is 12.5 Å². The molecule has 1 aliphatic heterocycles. The lowest BCUT2D eigenvalue weighted by Gasteiger charge is -2.28. The molecule has 3 rings (SSSR count). The molecule has 6 heteroatoms. The van der Waals surface area contributed by atoms with Gasteiger partial charge in [0.15, 0.2) is 13.2 Å². The largest absolute Gasteiger partial charge is 0.484 e. The molecular formula is C19H20N2O4. The van der Waals surface area contributed by atoms with Crippen molar-refractivity contribution in [3.63, 3.8) is 0 Å². The number of rotatable bonds is 5. The zero-order valence-electron chi connectivity index (χ0n) is 14.2. The van der Waals surface area contributed by atoms with Crippen molar-refractivity contribution in [1.82, 2.24) is 0 Å². The number of aryl methyl sites for hydroxylation is 1. The summed E-state index contributed by atoms with van der Waals surface area (Å²) >= 11 is 0. The number of nitrogens with zero attached hydrogens (tertiary/aromatic N) is 1. The Balaban J connectivity index is 1.64. The summed E-state index contributed by atoms with van der Waals surface area (Å²) in [5.41, 5.74) is 2.38. The van der Waals surface area contributed by atoms with E-state index >= 15 is 0 Å². The minimum Gasteiger partial charge on any atom is -0.484 e. The van der Waals surface area contributed by atoms with Crippen LogP contribution in [-0.4, -0.2) is 31.6 Å². The molecular weight excluding hydrogens is 320 g/mol. The molecule has 0 saturated carbocycles. The summed E-state index contributed by atoms with van der Waals surface area (Å²) in [6, 6.07) is 12.7. The number of anilines is 2. The van der Waals surface area contributed by atoms with E-state index in [1.807, 2.05) is 38.1 Å². The molecule has 1 heterocycles. The lowest BCUT2D eigenvalue weighted by molar-refractivity contribution is -0.121. The number of hydrogen-bond acceptors (Lipinski definition) is 4. The Labute approximate surface area is 146 Å². The van der Waals surface area contributed by atoms with Crippen molar-refractivity contribution in [2.45, 2.75) is 13.8 Å². The normalized spacial score (nSPS) is 13.0. The van der Waals surface area contributed by atoms with Gasteiger partial charge in [-0.1, -0.05) is 17.7 Å². The molecule has 0 atom stereocenters. The SMILES string of the molecule is CCN1C(=O)COc2ccc(NC(=O)COc3ccc(C)cc3)cc21. The number of likely N-dealkylation sites (N-methyl/N-ethyl adjacent to an activating group) is 1. The molecule has 2 aromatic carbocycles. The lowest BCUT2D eigenvalue weighted by Crippen LogP contribution is -2.38. The second kappa shape index (κ2) is 7.25. The monoisotopic (exact) mass is 340 g/mol. The number of carbonyl (C=O) groups excluding carboxylic acids is 2. The van der Waals surface area contributed by atoms with E-state index in [4.69, 9.17) is 9.47 Å². The maximum Gasteiger partial charge on any atom is 0.265 e. The molecule has 25 heavy (non-hydrogen) atoms. The maximum absolute atomic E-state index is 12.1. The summed E-state index contributed by atoms with van der Waals surface area (Å²) in [6.07, 6.45) is 0. The molecule has 1 N–H and O–H groups in total. The molecule has 0 spiro atoms. The van der Waals surface area contributed by atoms with Crippen molar-refractivity contribution in [1.29, 1.82) is 0 Å². The van der Waals surface area contributed by atoms with Crippen molar-refractivity contribution in [3.8, 4) is 11.5 Å². The highest BCUT2D eigenvalue weighted by atomic mass is 16.5. The molecule has 0 radical (unpaired) electrons. The molecule has 130 valence electrons. The third kappa shape index (κ3) is 3.91. The van der Waals surface area contributed by atoms with Crippen LogP contribution >= 0.6 is 0 Å². The zero-order valence-corrected chi connectivity index (χ0v) is 14.2. The number of nitrogens with one attached hydrogen (secondary N) is 1. The first-order valence-corrected chi connectivity index (χ1v) is 8.13. The number of carbonyl (C=O) groups is 2. The van der Waals surface area contributed by atoms with Gasteiger partial charge in [-0.3, -0.25) is 9.59 Å². The van der Waals surface area contributed by atoms with Gasteiger partial charge < -0.3 is 19.7 Å². The second-order valence-electron chi connectivity index (χ2n) is 5.76. The predicted octanol–water partition coefficient (Wildman–Crippen LogP) is 2.76. The van der Waals surface area contributed by atoms with Gasteiger partial charge in [0.05, 0.1) is 5.69 Å².